The van der Waals surface area contributed by atoms with Crippen molar-refractivity contribution in [3.8, 4) is 22.6 Å². The molecule has 110 valence electrons. The second-order valence-corrected chi connectivity index (χ2v) is 5.47. The van der Waals surface area contributed by atoms with Gasteiger partial charge in [-0.3, -0.25) is 0 Å². The first-order valence-electron chi connectivity index (χ1n) is 7.47. The molecule has 1 fully saturated rings. The van der Waals surface area contributed by atoms with Crippen molar-refractivity contribution in [2.75, 3.05) is 13.2 Å². The summed E-state index contributed by atoms with van der Waals surface area (Å²) in [5.41, 5.74) is 3.26. The summed E-state index contributed by atoms with van der Waals surface area (Å²) >= 11 is 0. The Morgan fingerprint density at radius 2 is 1.73 bits per heavy atom. The molecule has 0 amide bonds. The molecule has 3 aromatic rings. The van der Waals surface area contributed by atoms with Crippen LogP contribution in [0.15, 0.2) is 59.1 Å². The number of benzene rings is 2. The van der Waals surface area contributed by atoms with Crippen LogP contribution in [0.4, 0.5) is 0 Å². The molecule has 1 aromatic heterocycles. The summed E-state index contributed by atoms with van der Waals surface area (Å²) in [4.78, 5) is 4.54. The van der Waals surface area contributed by atoms with Crippen LogP contribution in [0.2, 0.25) is 0 Å². The Labute approximate surface area is 128 Å². The number of nitrogens with zero attached hydrogens (tertiary/aromatic N) is 2. The van der Waals surface area contributed by atoms with Gasteiger partial charge in [-0.05, 0) is 29.7 Å². The molecular weight excluding hydrogens is 276 g/mol. The lowest BCUT2D eigenvalue weighted by molar-refractivity contribution is 0.192. The summed E-state index contributed by atoms with van der Waals surface area (Å²) in [7, 11) is 0. The number of hydrogen-bond acceptors (Lipinski definition) is 4. The molecule has 0 bridgehead atoms. The predicted octanol–water partition coefficient (Wildman–Crippen LogP) is 3.91. The highest BCUT2D eigenvalue weighted by atomic mass is 16.5. The van der Waals surface area contributed by atoms with E-state index in [4.69, 9.17) is 9.26 Å². The van der Waals surface area contributed by atoms with Crippen LogP contribution in [-0.2, 0) is 4.74 Å². The van der Waals surface area contributed by atoms with Crippen LogP contribution in [0.5, 0.6) is 0 Å². The Hall–Kier alpha value is -2.46. The van der Waals surface area contributed by atoms with Crippen molar-refractivity contribution in [2.45, 2.75) is 12.3 Å². The molecule has 0 spiro atoms. The van der Waals surface area contributed by atoms with E-state index in [-0.39, 0.29) is 5.92 Å². The molecule has 1 aliphatic heterocycles. The van der Waals surface area contributed by atoms with Crippen molar-refractivity contribution in [2.24, 2.45) is 0 Å². The Balaban J connectivity index is 1.65. The fraction of sp³-hybridized carbons (Fsp3) is 0.222. The van der Waals surface area contributed by atoms with Crippen molar-refractivity contribution < 1.29 is 9.26 Å². The van der Waals surface area contributed by atoms with Crippen LogP contribution >= 0.6 is 0 Å². The average Bonchev–Trinajstić information content (AvgIpc) is 3.27. The molecule has 22 heavy (non-hydrogen) atoms. The van der Waals surface area contributed by atoms with Crippen LogP contribution in [-0.4, -0.2) is 23.4 Å². The van der Waals surface area contributed by atoms with Crippen molar-refractivity contribution in [3.05, 3.63) is 60.4 Å². The first-order chi connectivity index (χ1) is 10.9. The van der Waals surface area contributed by atoms with Crippen molar-refractivity contribution in [1.29, 1.82) is 0 Å². The van der Waals surface area contributed by atoms with Gasteiger partial charge in [0.05, 0.1) is 6.61 Å². The Morgan fingerprint density at radius 3 is 2.55 bits per heavy atom. The topological polar surface area (TPSA) is 48.2 Å². The zero-order chi connectivity index (χ0) is 14.8. The molecular formula is C18H16N2O2. The molecule has 1 atom stereocenters. The molecule has 0 saturated carbocycles. The van der Waals surface area contributed by atoms with E-state index in [1.54, 1.807) is 0 Å². The SMILES string of the molecule is c1ccc(-c2cccc(-c3nc([C@@H]4CCOC4)no3)c2)cc1. The minimum atomic E-state index is 0.259. The van der Waals surface area contributed by atoms with Gasteiger partial charge >= 0.3 is 0 Å². The van der Waals surface area contributed by atoms with Crippen LogP contribution in [0, 0.1) is 0 Å². The van der Waals surface area contributed by atoms with Crippen molar-refractivity contribution >= 4 is 0 Å². The Morgan fingerprint density at radius 1 is 0.909 bits per heavy atom. The highest BCUT2D eigenvalue weighted by Crippen LogP contribution is 2.28. The van der Waals surface area contributed by atoms with Crippen molar-refractivity contribution in [1.82, 2.24) is 10.1 Å². The molecule has 4 rings (SSSR count). The third-order valence-electron chi connectivity index (χ3n) is 3.95. The summed E-state index contributed by atoms with van der Waals surface area (Å²) in [6, 6.07) is 18.4. The summed E-state index contributed by atoms with van der Waals surface area (Å²) in [5, 5.41) is 4.11. The van der Waals surface area contributed by atoms with Gasteiger partial charge in [-0.25, -0.2) is 0 Å². The number of rotatable bonds is 3. The standard InChI is InChI=1S/C18H16N2O2/c1-2-5-13(6-3-1)14-7-4-8-15(11-14)18-19-17(20-22-18)16-9-10-21-12-16/h1-8,11,16H,9-10,12H2/t16-/m1/s1. The predicted molar refractivity (Wildman–Crippen MR) is 83.3 cm³/mol. The lowest BCUT2D eigenvalue weighted by Crippen LogP contribution is -1.99. The molecule has 4 nitrogen and oxygen atoms in total. The summed E-state index contributed by atoms with van der Waals surface area (Å²) in [5.74, 6) is 1.58. The molecule has 2 heterocycles. The number of aromatic nitrogens is 2. The van der Waals surface area contributed by atoms with E-state index in [1.807, 2.05) is 30.3 Å². The van der Waals surface area contributed by atoms with E-state index in [0.717, 1.165) is 30.0 Å². The van der Waals surface area contributed by atoms with E-state index in [1.165, 1.54) is 5.56 Å². The lowest BCUT2D eigenvalue weighted by atomic mass is 10.0. The van der Waals surface area contributed by atoms with Gasteiger partial charge in [-0.1, -0.05) is 47.6 Å². The second-order valence-electron chi connectivity index (χ2n) is 5.47. The fourth-order valence-electron chi connectivity index (χ4n) is 2.72. The smallest absolute Gasteiger partial charge is 0.257 e. The summed E-state index contributed by atoms with van der Waals surface area (Å²) in [6.45, 7) is 1.46. The maximum atomic E-state index is 5.44. The first-order valence-corrected chi connectivity index (χ1v) is 7.47. The fourth-order valence-corrected chi connectivity index (χ4v) is 2.72. The lowest BCUT2D eigenvalue weighted by Gasteiger charge is -2.02. The minimum Gasteiger partial charge on any atom is -0.381 e. The molecule has 0 unspecified atom stereocenters. The first kappa shape index (κ1) is 13.2. The molecule has 4 heteroatoms. The maximum absolute atomic E-state index is 5.44. The molecule has 1 aliphatic rings. The molecule has 0 aliphatic carbocycles. The van der Waals surface area contributed by atoms with Gasteiger partial charge in [-0.2, -0.15) is 4.98 Å². The molecule has 0 radical (unpaired) electrons. The zero-order valence-corrected chi connectivity index (χ0v) is 12.1. The highest BCUT2D eigenvalue weighted by Gasteiger charge is 2.23. The van der Waals surface area contributed by atoms with E-state index in [2.05, 4.69) is 34.4 Å². The third kappa shape index (κ3) is 2.53. The van der Waals surface area contributed by atoms with Crippen molar-refractivity contribution in [3.63, 3.8) is 0 Å². The quantitative estimate of drug-likeness (QED) is 0.734. The van der Waals surface area contributed by atoms with Gasteiger partial charge in [0.1, 0.15) is 0 Å². The minimum absolute atomic E-state index is 0.259. The Kier molecular flexibility index (Phi) is 3.45. The van der Waals surface area contributed by atoms with E-state index < -0.39 is 0 Å². The number of ether oxygens (including phenoxy) is 1. The third-order valence-corrected chi connectivity index (χ3v) is 3.95. The van der Waals surface area contributed by atoms with E-state index in [9.17, 15) is 0 Å². The number of hydrogen-bond donors (Lipinski definition) is 0. The van der Waals surface area contributed by atoms with E-state index >= 15 is 0 Å². The van der Waals surface area contributed by atoms with Crippen LogP contribution in [0.25, 0.3) is 22.6 Å². The second kappa shape index (κ2) is 5.73. The van der Waals surface area contributed by atoms with E-state index in [0.29, 0.717) is 12.5 Å². The zero-order valence-electron chi connectivity index (χ0n) is 12.1. The molecule has 2 aromatic carbocycles. The van der Waals surface area contributed by atoms with Gasteiger partial charge in [0.2, 0.25) is 0 Å². The summed E-state index contributed by atoms with van der Waals surface area (Å²) < 4.78 is 10.8. The largest absolute Gasteiger partial charge is 0.381 e. The van der Waals surface area contributed by atoms with Gasteiger partial charge in [0.15, 0.2) is 5.82 Å². The molecule has 1 saturated heterocycles. The van der Waals surface area contributed by atoms with Crippen LogP contribution < -0.4 is 0 Å². The maximum Gasteiger partial charge on any atom is 0.257 e. The van der Waals surface area contributed by atoms with Gasteiger partial charge in [-0.15, -0.1) is 0 Å². The van der Waals surface area contributed by atoms with Gasteiger partial charge in [0, 0.05) is 18.1 Å². The Bertz CT molecular complexity index is 762. The van der Waals surface area contributed by atoms with Crippen LogP contribution in [0.3, 0.4) is 0 Å². The monoisotopic (exact) mass is 292 g/mol. The summed E-state index contributed by atoms with van der Waals surface area (Å²) in [6.07, 6.45) is 0.961. The normalized spacial score (nSPS) is 17.7. The van der Waals surface area contributed by atoms with Gasteiger partial charge < -0.3 is 9.26 Å². The highest BCUT2D eigenvalue weighted by molar-refractivity contribution is 5.69. The average molecular weight is 292 g/mol. The van der Waals surface area contributed by atoms with Crippen LogP contribution in [0.1, 0.15) is 18.2 Å². The molecule has 0 N–H and O–H groups in total. The van der Waals surface area contributed by atoms with Gasteiger partial charge in [0.25, 0.3) is 5.89 Å².